The van der Waals surface area contributed by atoms with Crippen molar-refractivity contribution < 1.29 is 0 Å². The lowest BCUT2D eigenvalue weighted by Crippen LogP contribution is -2.04. The number of fused-ring (bicyclic) bond motifs is 1. The van der Waals surface area contributed by atoms with Crippen molar-refractivity contribution in [1.29, 1.82) is 0 Å². The van der Waals surface area contributed by atoms with Gasteiger partial charge in [0, 0.05) is 10.8 Å². The van der Waals surface area contributed by atoms with E-state index in [1.54, 1.807) is 11.3 Å². The molecule has 2 aromatic rings. The van der Waals surface area contributed by atoms with E-state index in [0.29, 0.717) is 11.1 Å². The molecule has 0 N–H and O–H groups in total. The number of aromatic nitrogens is 2. The standard InChI is InChI=1S/C15H19ClN2S/c1-9-10(2)19-15-12(9)13(16)17-14(18-15)11-7-5-3-4-6-8-11/h11H,3-8H2,1-2H3. The van der Waals surface area contributed by atoms with Crippen LogP contribution < -0.4 is 0 Å². The molecule has 0 bridgehead atoms. The van der Waals surface area contributed by atoms with E-state index >= 15 is 0 Å². The summed E-state index contributed by atoms with van der Waals surface area (Å²) in [6, 6.07) is 0. The quantitative estimate of drug-likeness (QED) is 0.520. The van der Waals surface area contributed by atoms with Gasteiger partial charge in [-0.1, -0.05) is 37.3 Å². The highest BCUT2D eigenvalue weighted by Gasteiger charge is 2.20. The highest BCUT2D eigenvalue weighted by atomic mass is 35.5. The zero-order valence-electron chi connectivity index (χ0n) is 11.5. The Bertz CT molecular complexity index is 598. The highest BCUT2D eigenvalue weighted by molar-refractivity contribution is 7.18. The van der Waals surface area contributed by atoms with Crippen molar-refractivity contribution in [1.82, 2.24) is 9.97 Å². The van der Waals surface area contributed by atoms with Crippen molar-refractivity contribution in [2.45, 2.75) is 58.3 Å². The first-order valence-electron chi connectivity index (χ1n) is 7.10. The molecule has 0 atom stereocenters. The smallest absolute Gasteiger partial charge is 0.141 e. The largest absolute Gasteiger partial charge is 0.222 e. The summed E-state index contributed by atoms with van der Waals surface area (Å²) in [5.74, 6) is 1.48. The molecule has 2 aromatic heterocycles. The van der Waals surface area contributed by atoms with Gasteiger partial charge in [0.15, 0.2) is 0 Å². The maximum absolute atomic E-state index is 6.40. The highest BCUT2D eigenvalue weighted by Crippen LogP contribution is 2.36. The van der Waals surface area contributed by atoms with Gasteiger partial charge in [-0.3, -0.25) is 0 Å². The summed E-state index contributed by atoms with van der Waals surface area (Å²) < 4.78 is 0. The van der Waals surface area contributed by atoms with Crippen LogP contribution in [-0.4, -0.2) is 9.97 Å². The SMILES string of the molecule is Cc1sc2nc(C3CCCCCC3)nc(Cl)c2c1C. The van der Waals surface area contributed by atoms with Crippen LogP contribution in [0.5, 0.6) is 0 Å². The van der Waals surface area contributed by atoms with E-state index in [2.05, 4.69) is 18.8 Å². The Morgan fingerprint density at radius 3 is 2.42 bits per heavy atom. The number of aryl methyl sites for hydroxylation is 2. The number of hydrogen-bond donors (Lipinski definition) is 0. The summed E-state index contributed by atoms with van der Waals surface area (Å²) in [7, 11) is 0. The molecular formula is C15H19ClN2S. The minimum Gasteiger partial charge on any atom is -0.222 e. The number of nitrogens with zero attached hydrogens (tertiary/aromatic N) is 2. The molecule has 0 unspecified atom stereocenters. The first kappa shape index (κ1) is 13.3. The van der Waals surface area contributed by atoms with Crippen molar-refractivity contribution in [2.75, 3.05) is 0 Å². The molecule has 1 saturated carbocycles. The Morgan fingerprint density at radius 1 is 1.05 bits per heavy atom. The lowest BCUT2D eigenvalue weighted by molar-refractivity contribution is 0.563. The Labute approximate surface area is 123 Å². The minimum atomic E-state index is 0.507. The van der Waals surface area contributed by atoms with Gasteiger partial charge in [-0.15, -0.1) is 11.3 Å². The molecule has 0 aromatic carbocycles. The van der Waals surface area contributed by atoms with Crippen LogP contribution in [0.25, 0.3) is 10.2 Å². The molecule has 1 aliphatic carbocycles. The van der Waals surface area contributed by atoms with Crippen molar-refractivity contribution in [3.63, 3.8) is 0 Å². The summed E-state index contributed by atoms with van der Waals surface area (Å²) in [6.07, 6.45) is 7.72. The molecule has 1 fully saturated rings. The van der Waals surface area contributed by atoms with Gasteiger partial charge in [-0.05, 0) is 32.3 Å². The van der Waals surface area contributed by atoms with Gasteiger partial charge in [-0.25, -0.2) is 9.97 Å². The van der Waals surface area contributed by atoms with Gasteiger partial charge in [0.1, 0.15) is 15.8 Å². The van der Waals surface area contributed by atoms with Crippen LogP contribution in [0.2, 0.25) is 5.15 Å². The van der Waals surface area contributed by atoms with E-state index in [-0.39, 0.29) is 0 Å². The molecule has 0 radical (unpaired) electrons. The molecular weight excluding hydrogens is 276 g/mol. The molecule has 102 valence electrons. The third-order valence-corrected chi connectivity index (χ3v) is 5.60. The predicted molar refractivity (Wildman–Crippen MR) is 82.3 cm³/mol. The summed E-state index contributed by atoms with van der Waals surface area (Å²) in [5.41, 5.74) is 1.23. The molecule has 3 rings (SSSR count). The minimum absolute atomic E-state index is 0.507. The van der Waals surface area contributed by atoms with Crippen molar-refractivity contribution >= 4 is 33.2 Å². The summed E-state index contributed by atoms with van der Waals surface area (Å²) in [5, 5.41) is 1.70. The average molecular weight is 295 g/mol. The lowest BCUT2D eigenvalue weighted by atomic mass is 9.99. The maximum Gasteiger partial charge on any atom is 0.141 e. The monoisotopic (exact) mass is 294 g/mol. The molecule has 0 spiro atoms. The molecule has 4 heteroatoms. The molecule has 2 heterocycles. The van der Waals surface area contributed by atoms with E-state index in [1.165, 1.54) is 49.0 Å². The fourth-order valence-corrected chi connectivity index (χ4v) is 4.35. The van der Waals surface area contributed by atoms with Gasteiger partial charge < -0.3 is 0 Å². The van der Waals surface area contributed by atoms with E-state index in [1.807, 2.05) is 0 Å². The molecule has 2 nitrogen and oxygen atoms in total. The third-order valence-electron chi connectivity index (χ3n) is 4.22. The summed E-state index contributed by atoms with van der Waals surface area (Å²) in [4.78, 5) is 11.8. The van der Waals surface area contributed by atoms with Gasteiger partial charge in [0.05, 0.1) is 5.39 Å². The number of rotatable bonds is 1. The molecule has 1 aliphatic rings. The molecule has 19 heavy (non-hydrogen) atoms. The first-order chi connectivity index (χ1) is 9.16. The van der Waals surface area contributed by atoms with Gasteiger partial charge in [0.2, 0.25) is 0 Å². The van der Waals surface area contributed by atoms with E-state index in [4.69, 9.17) is 16.6 Å². The van der Waals surface area contributed by atoms with Crippen LogP contribution in [0.1, 0.15) is 60.7 Å². The lowest BCUT2D eigenvalue weighted by Gasteiger charge is -2.12. The topological polar surface area (TPSA) is 25.8 Å². The zero-order valence-corrected chi connectivity index (χ0v) is 13.1. The molecule has 0 aliphatic heterocycles. The van der Waals surface area contributed by atoms with Gasteiger partial charge in [0.25, 0.3) is 0 Å². The first-order valence-corrected chi connectivity index (χ1v) is 8.29. The fourth-order valence-electron chi connectivity index (χ4n) is 2.94. The Balaban J connectivity index is 2.05. The fraction of sp³-hybridized carbons (Fsp3) is 0.600. The number of thiophene rings is 1. The number of halogens is 1. The number of hydrogen-bond acceptors (Lipinski definition) is 3. The van der Waals surface area contributed by atoms with Crippen LogP contribution in [0.4, 0.5) is 0 Å². The Hall–Kier alpha value is -0.670. The Kier molecular flexibility index (Phi) is 3.77. The average Bonchev–Trinajstić information content (AvgIpc) is 2.60. The van der Waals surface area contributed by atoms with Crippen LogP contribution in [0.3, 0.4) is 0 Å². The second-order valence-electron chi connectivity index (χ2n) is 5.52. The normalized spacial score (nSPS) is 17.8. The van der Waals surface area contributed by atoms with Crippen molar-refractivity contribution in [3.8, 4) is 0 Å². The second-order valence-corrected chi connectivity index (χ2v) is 7.09. The summed E-state index contributed by atoms with van der Waals surface area (Å²) >= 11 is 8.14. The van der Waals surface area contributed by atoms with Crippen molar-refractivity contribution in [3.05, 3.63) is 21.4 Å². The van der Waals surface area contributed by atoms with Gasteiger partial charge in [-0.2, -0.15) is 0 Å². The van der Waals surface area contributed by atoms with Crippen LogP contribution in [0.15, 0.2) is 0 Å². The van der Waals surface area contributed by atoms with Crippen molar-refractivity contribution in [2.24, 2.45) is 0 Å². The third kappa shape index (κ3) is 2.50. The van der Waals surface area contributed by atoms with Crippen LogP contribution in [-0.2, 0) is 0 Å². The predicted octanol–water partition coefficient (Wildman–Crippen LogP) is 5.40. The van der Waals surface area contributed by atoms with Crippen LogP contribution in [0, 0.1) is 13.8 Å². The Morgan fingerprint density at radius 2 is 1.74 bits per heavy atom. The summed E-state index contributed by atoms with van der Waals surface area (Å²) in [6.45, 7) is 4.23. The van der Waals surface area contributed by atoms with Gasteiger partial charge >= 0.3 is 0 Å². The van der Waals surface area contributed by atoms with E-state index in [0.717, 1.165) is 16.0 Å². The molecule has 0 amide bonds. The zero-order chi connectivity index (χ0) is 13.4. The van der Waals surface area contributed by atoms with E-state index < -0.39 is 0 Å². The van der Waals surface area contributed by atoms with E-state index in [9.17, 15) is 0 Å². The molecule has 0 saturated heterocycles. The maximum atomic E-state index is 6.40. The van der Waals surface area contributed by atoms with Crippen LogP contribution >= 0.6 is 22.9 Å². The second kappa shape index (κ2) is 5.37.